The zero-order chi connectivity index (χ0) is 33.6. The Morgan fingerprint density at radius 1 is 0.510 bits per heavy atom. The van der Waals surface area contributed by atoms with Crippen LogP contribution in [-0.4, -0.2) is 0 Å². The van der Waals surface area contributed by atoms with Crippen molar-refractivity contribution >= 4 is 17.1 Å². The molecule has 1 nitrogen and oxygen atoms in total. The Balaban J connectivity index is 1.36. The molecular formula is C50H37N. The van der Waals surface area contributed by atoms with Gasteiger partial charge in [-0.3, -0.25) is 0 Å². The average molecular weight is 652 g/mol. The monoisotopic (exact) mass is 651 g/mol. The Morgan fingerprint density at radius 2 is 1.08 bits per heavy atom. The molecule has 0 fully saturated rings. The number of rotatable bonds is 3. The Labute approximate surface area is 300 Å². The van der Waals surface area contributed by atoms with E-state index in [2.05, 4.69) is 193 Å². The number of nitrogens with zero attached hydrogens (tertiary/aromatic N) is 1. The van der Waals surface area contributed by atoms with Crippen LogP contribution in [0.5, 0.6) is 0 Å². The fraction of sp³-hybridized carbons (Fsp3) is 0.120. The van der Waals surface area contributed by atoms with Gasteiger partial charge in [-0.05, 0) is 93.3 Å². The molecule has 11 rings (SSSR count). The molecule has 1 heteroatoms. The molecule has 0 aliphatic heterocycles. The second kappa shape index (κ2) is 10.8. The molecule has 0 aromatic heterocycles. The van der Waals surface area contributed by atoms with E-state index in [4.69, 9.17) is 0 Å². The van der Waals surface area contributed by atoms with Crippen LogP contribution in [0.15, 0.2) is 199 Å². The van der Waals surface area contributed by atoms with Gasteiger partial charge in [-0.2, -0.15) is 0 Å². The molecule has 242 valence electrons. The van der Waals surface area contributed by atoms with Crippen molar-refractivity contribution in [2.75, 3.05) is 4.90 Å². The zero-order valence-corrected chi connectivity index (χ0v) is 28.4. The average Bonchev–Trinajstić information content (AvgIpc) is 3.67. The normalized spacial score (nSPS) is 22.3. The molecule has 0 amide bonds. The number of para-hydroxylation sites is 2. The third-order valence-electron chi connectivity index (χ3n) is 12.5. The lowest BCUT2D eigenvalue weighted by molar-refractivity contribution is 0.398. The molecule has 5 aliphatic rings. The third kappa shape index (κ3) is 3.61. The number of hydrogen-bond acceptors (Lipinski definition) is 1. The van der Waals surface area contributed by atoms with Gasteiger partial charge in [0.15, 0.2) is 0 Å². The largest absolute Gasteiger partial charge is 0.310 e. The fourth-order valence-electron chi connectivity index (χ4n) is 10.9. The predicted molar refractivity (Wildman–Crippen MR) is 210 cm³/mol. The highest BCUT2D eigenvalue weighted by Crippen LogP contribution is 2.70. The van der Waals surface area contributed by atoms with Crippen molar-refractivity contribution in [3.63, 3.8) is 0 Å². The summed E-state index contributed by atoms with van der Waals surface area (Å²) < 4.78 is 0. The molecule has 2 spiro atoms. The molecule has 5 aliphatic carbocycles. The second-order valence-corrected chi connectivity index (χ2v) is 14.6. The fourth-order valence-corrected chi connectivity index (χ4v) is 10.9. The van der Waals surface area contributed by atoms with Gasteiger partial charge in [0.05, 0.1) is 16.5 Å². The minimum Gasteiger partial charge on any atom is -0.310 e. The van der Waals surface area contributed by atoms with Gasteiger partial charge in [0, 0.05) is 23.2 Å². The van der Waals surface area contributed by atoms with E-state index in [0.29, 0.717) is 5.92 Å². The highest BCUT2D eigenvalue weighted by molar-refractivity contribution is 5.92. The van der Waals surface area contributed by atoms with Crippen LogP contribution in [0, 0.1) is 11.8 Å². The van der Waals surface area contributed by atoms with Gasteiger partial charge >= 0.3 is 0 Å². The summed E-state index contributed by atoms with van der Waals surface area (Å²) in [5, 5.41) is 0. The highest BCUT2D eigenvalue weighted by atomic mass is 15.1. The topological polar surface area (TPSA) is 3.24 Å². The van der Waals surface area contributed by atoms with Crippen molar-refractivity contribution < 1.29 is 0 Å². The van der Waals surface area contributed by atoms with E-state index in [1.54, 1.807) is 5.57 Å². The van der Waals surface area contributed by atoms with E-state index in [9.17, 15) is 0 Å². The molecule has 0 saturated carbocycles. The Bertz CT molecular complexity index is 2410. The van der Waals surface area contributed by atoms with E-state index >= 15 is 0 Å². The Hall–Kier alpha value is -5.92. The standard InChI is InChI=1S/C50H37N/c1-3-18-34(19-4-1)51(35-20-5-2-6-21-35)47-33-17-32-46-48(47)50(42-28-13-9-24-38(42)39-25-10-14-29-43(39)50)45-31-16-15-30-44(45)49(46)40-26-11-7-22-36(40)37-23-8-12-27-41(37)49/h1-13,15-28,30-33,38,42H,14,29H2. The highest BCUT2D eigenvalue weighted by Gasteiger charge is 2.63. The summed E-state index contributed by atoms with van der Waals surface area (Å²) in [5.41, 5.74) is 17.0. The van der Waals surface area contributed by atoms with Crippen molar-refractivity contribution in [1.29, 1.82) is 0 Å². The van der Waals surface area contributed by atoms with Gasteiger partial charge < -0.3 is 4.90 Å². The molecule has 6 aromatic carbocycles. The number of hydrogen-bond donors (Lipinski definition) is 0. The number of benzene rings is 6. The smallest absolute Gasteiger partial charge is 0.0720 e. The summed E-state index contributed by atoms with van der Waals surface area (Å²) in [6.07, 6.45) is 16.6. The summed E-state index contributed by atoms with van der Waals surface area (Å²) >= 11 is 0. The number of fused-ring (bicyclic) bond motifs is 15. The van der Waals surface area contributed by atoms with Crippen LogP contribution < -0.4 is 4.90 Å². The van der Waals surface area contributed by atoms with E-state index in [0.717, 1.165) is 12.8 Å². The first-order valence-corrected chi connectivity index (χ1v) is 18.4. The van der Waals surface area contributed by atoms with E-state index < -0.39 is 5.41 Å². The maximum Gasteiger partial charge on any atom is 0.0720 e. The van der Waals surface area contributed by atoms with Crippen LogP contribution in [0.1, 0.15) is 46.2 Å². The first-order chi connectivity index (χ1) is 25.3. The van der Waals surface area contributed by atoms with Gasteiger partial charge in [-0.1, -0.05) is 163 Å². The lowest BCUT2D eigenvalue weighted by atomic mass is 9.49. The van der Waals surface area contributed by atoms with Crippen LogP contribution >= 0.6 is 0 Å². The third-order valence-corrected chi connectivity index (χ3v) is 12.5. The van der Waals surface area contributed by atoms with Crippen LogP contribution in [0.4, 0.5) is 17.1 Å². The molecule has 3 unspecified atom stereocenters. The van der Waals surface area contributed by atoms with Gasteiger partial charge in [0.25, 0.3) is 0 Å². The summed E-state index contributed by atoms with van der Waals surface area (Å²) in [6.45, 7) is 0. The zero-order valence-electron chi connectivity index (χ0n) is 28.4. The molecule has 0 radical (unpaired) electrons. The number of allylic oxidation sites excluding steroid dienone is 8. The van der Waals surface area contributed by atoms with Gasteiger partial charge in [0.2, 0.25) is 0 Å². The first kappa shape index (κ1) is 28.9. The summed E-state index contributed by atoms with van der Waals surface area (Å²) in [5.74, 6) is 0.559. The van der Waals surface area contributed by atoms with Gasteiger partial charge in [-0.25, -0.2) is 0 Å². The van der Waals surface area contributed by atoms with Crippen molar-refractivity contribution in [3.05, 3.63) is 233 Å². The van der Waals surface area contributed by atoms with Crippen molar-refractivity contribution in [3.8, 4) is 11.1 Å². The van der Waals surface area contributed by atoms with E-state index in [-0.39, 0.29) is 11.3 Å². The molecule has 0 N–H and O–H groups in total. The molecule has 51 heavy (non-hydrogen) atoms. The van der Waals surface area contributed by atoms with Crippen LogP contribution in [0.3, 0.4) is 0 Å². The van der Waals surface area contributed by atoms with Crippen LogP contribution in [0.25, 0.3) is 11.1 Å². The number of anilines is 3. The van der Waals surface area contributed by atoms with Crippen LogP contribution in [0.2, 0.25) is 0 Å². The molecule has 6 aromatic rings. The van der Waals surface area contributed by atoms with Crippen molar-refractivity contribution in [2.24, 2.45) is 11.8 Å². The molecule has 0 bridgehead atoms. The van der Waals surface area contributed by atoms with Crippen molar-refractivity contribution in [2.45, 2.75) is 23.7 Å². The minimum atomic E-state index is -0.475. The maximum absolute atomic E-state index is 2.54. The van der Waals surface area contributed by atoms with Crippen molar-refractivity contribution in [1.82, 2.24) is 0 Å². The lowest BCUT2D eigenvalue weighted by Gasteiger charge is -2.53. The quantitative estimate of drug-likeness (QED) is 0.184. The second-order valence-electron chi connectivity index (χ2n) is 14.6. The lowest BCUT2D eigenvalue weighted by Crippen LogP contribution is -2.48. The Kier molecular flexibility index (Phi) is 6.11. The molecule has 3 atom stereocenters. The van der Waals surface area contributed by atoms with Gasteiger partial charge in [0.1, 0.15) is 0 Å². The Morgan fingerprint density at radius 3 is 1.76 bits per heavy atom. The SMILES string of the molecule is C1=CC2C3=C(CCC=C3)C3(c4ccccc4C4(c5ccccc5-c5ccccc54)c4cccc(N(c5ccccc5)c5ccccc5)c43)C2C=C1. The van der Waals surface area contributed by atoms with E-state index in [1.165, 1.54) is 67.1 Å². The predicted octanol–water partition coefficient (Wildman–Crippen LogP) is 12.1. The molecule has 0 heterocycles. The summed E-state index contributed by atoms with van der Waals surface area (Å²) in [6, 6.07) is 57.1. The van der Waals surface area contributed by atoms with E-state index in [1.807, 2.05) is 0 Å². The first-order valence-electron chi connectivity index (χ1n) is 18.4. The van der Waals surface area contributed by atoms with Gasteiger partial charge in [-0.15, -0.1) is 0 Å². The summed E-state index contributed by atoms with van der Waals surface area (Å²) in [4.78, 5) is 2.53. The molecule has 0 saturated heterocycles. The maximum atomic E-state index is 2.54. The molecular weight excluding hydrogens is 615 g/mol. The summed E-state index contributed by atoms with van der Waals surface area (Å²) in [7, 11) is 0. The van der Waals surface area contributed by atoms with Crippen LogP contribution in [-0.2, 0) is 10.8 Å². The minimum absolute atomic E-state index is 0.244.